The third kappa shape index (κ3) is 6.59. The van der Waals surface area contributed by atoms with Gasteiger partial charge in [0.15, 0.2) is 0 Å². The van der Waals surface area contributed by atoms with E-state index in [1.165, 1.54) is 68.9 Å². The van der Waals surface area contributed by atoms with Crippen molar-refractivity contribution < 1.29 is 22.1 Å². The van der Waals surface area contributed by atoms with Crippen LogP contribution >= 0.6 is 18.6 Å². The third-order valence-corrected chi connectivity index (χ3v) is 6.17. The van der Waals surface area contributed by atoms with E-state index in [4.69, 9.17) is 18.6 Å². The van der Waals surface area contributed by atoms with Gasteiger partial charge in [0.1, 0.15) is 5.75 Å². The molecule has 2 nitrogen and oxygen atoms in total. The first-order chi connectivity index (χ1) is 14.2. The number of aliphatic imine (C=N–C) groups is 1. The van der Waals surface area contributed by atoms with E-state index in [-0.39, 0.29) is 0 Å². The summed E-state index contributed by atoms with van der Waals surface area (Å²) in [5.74, 6) is 1.62. The molecule has 2 aliphatic carbocycles. The zero-order valence-corrected chi connectivity index (χ0v) is 19.9. The van der Waals surface area contributed by atoms with Gasteiger partial charge in [0, 0.05) is 11.8 Å². The molecule has 4 rings (SSSR count). The number of nitrogens with zero attached hydrogens (tertiary/aromatic N) is 1. The molecule has 0 heterocycles. The molecule has 0 amide bonds. The number of phenols is 1. The second-order valence-corrected chi connectivity index (χ2v) is 10.6. The molecule has 154 valence electrons. The van der Waals surface area contributed by atoms with E-state index in [1.807, 2.05) is 36.5 Å². The summed E-state index contributed by atoms with van der Waals surface area (Å²) in [6, 6.07) is 14.5. The monoisotopic (exact) mass is 465 g/mol. The second kappa shape index (κ2) is 12.2. The molecule has 0 bridgehead atoms. The summed E-state index contributed by atoms with van der Waals surface area (Å²) in [6.07, 6.45) is 13.4. The summed E-state index contributed by atoms with van der Waals surface area (Å²) in [4.78, 5) is 4.61. The van der Waals surface area contributed by atoms with Crippen molar-refractivity contribution in [1.29, 1.82) is 0 Å². The van der Waals surface area contributed by atoms with E-state index in [0.29, 0.717) is 17.6 Å². The number of hydrogen-bond acceptors (Lipinski definition) is 2. The van der Waals surface area contributed by atoms with Crippen molar-refractivity contribution in [2.24, 2.45) is 4.99 Å². The van der Waals surface area contributed by atoms with Crippen LogP contribution < -0.4 is 0 Å². The van der Waals surface area contributed by atoms with Gasteiger partial charge in [0.25, 0.3) is 0 Å². The van der Waals surface area contributed by atoms with Crippen molar-refractivity contribution >= 4 is 30.5 Å². The Balaban J connectivity index is 0.000000755. The van der Waals surface area contributed by atoms with Gasteiger partial charge in [0.05, 0.1) is 5.69 Å². The second-order valence-electron chi connectivity index (χ2n) is 8.03. The van der Waals surface area contributed by atoms with Gasteiger partial charge >= 0.3 is 35.6 Å². The van der Waals surface area contributed by atoms with Crippen molar-refractivity contribution in [1.82, 2.24) is 0 Å². The Morgan fingerprint density at radius 3 is 2.10 bits per heavy atom. The Kier molecular flexibility index (Phi) is 9.59. The summed E-state index contributed by atoms with van der Waals surface area (Å²) in [6.45, 7) is 0. The van der Waals surface area contributed by atoms with Crippen molar-refractivity contribution in [2.75, 3.05) is 0 Å². The molecule has 5 heteroatoms. The third-order valence-electron chi connectivity index (χ3n) is 6.17. The van der Waals surface area contributed by atoms with Crippen LogP contribution in [-0.4, -0.2) is 11.3 Å². The number of aromatic hydroxyl groups is 1. The molecule has 0 aliphatic heterocycles. The quantitative estimate of drug-likeness (QED) is 0.357. The van der Waals surface area contributed by atoms with Gasteiger partial charge in [-0.05, 0) is 66.8 Å². The summed E-state index contributed by atoms with van der Waals surface area (Å²) in [5, 5.41) is 11.0. The Morgan fingerprint density at radius 2 is 1.45 bits per heavy atom. The van der Waals surface area contributed by atoms with Crippen LogP contribution in [0.2, 0.25) is 0 Å². The van der Waals surface area contributed by atoms with Crippen LogP contribution in [0.4, 0.5) is 5.69 Å². The molecule has 1 N–H and O–H groups in total. The Hall–Kier alpha value is -0.796. The molecule has 0 atom stereocenters. The van der Waals surface area contributed by atoms with Crippen LogP contribution in [-0.2, 0) is 17.0 Å². The Labute approximate surface area is 191 Å². The van der Waals surface area contributed by atoms with E-state index in [0.717, 1.165) is 11.3 Å². The fourth-order valence-electron chi connectivity index (χ4n) is 4.68. The predicted octanol–water partition coefficient (Wildman–Crippen LogP) is 8.22. The van der Waals surface area contributed by atoms with Crippen LogP contribution in [0.5, 0.6) is 5.75 Å². The summed E-state index contributed by atoms with van der Waals surface area (Å²) in [5.41, 5.74) is 4.40. The number of halogens is 2. The van der Waals surface area contributed by atoms with E-state index >= 15 is 0 Å². The van der Waals surface area contributed by atoms with Crippen LogP contribution in [0.1, 0.15) is 86.3 Å². The zero-order valence-electron chi connectivity index (χ0n) is 16.8. The zero-order chi connectivity index (χ0) is 20.5. The van der Waals surface area contributed by atoms with Crippen molar-refractivity contribution in [3.05, 3.63) is 59.2 Å². The molecule has 2 fully saturated rings. The van der Waals surface area contributed by atoms with Gasteiger partial charge in [-0.1, -0.05) is 56.4 Å². The van der Waals surface area contributed by atoms with E-state index in [2.05, 4.69) is 17.1 Å². The maximum absolute atomic E-state index is 11.0. The van der Waals surface area contributed by atoms with Crippen LogP contribution in [0.25, 0.3) is 0 Å². The molecule has 29 heavy (non-hydrogen) atoms. The first kappa shape index (κ1) is 22.9. The fraction of sp³-hybridized carbons (Fsp3) is 0.458. The van der Waals surface area contributed by atoms with E-state index in [1.54, 1.807) is 0 Å². The summed E-state index contributed by atoms with van der Waals surface area (Å²) < 4.78 is 0. The molecule has 0 radical (unpaired) electrons. The minimum absolute atomic E-state index is 0.455. The summed E-state index contributed by atoms with van der Waals surface area (Å²) >= 11 is -0.556. The molecule has 0 unspecified atom stereocenters. The summed E-state index contributed by atoms with van der Waals surface area (Å²) in [7, 11) is 9.78. The molecule has 0 spiro atoms. The molecular formula is C24H29Cl2NOTi. The topological polar surface area (TPSA) is 32.6 Å². The van der Waals surface area contributed by atoms with Gasteiger partial charge in [-0.15, -0.1) is 0 Å². The molecule has 2 saturated carbocycles. The molecular weight excluding hydrogens is 437 g/mol. The predicted molar refractivity (Wildman–Crippen MR) is 121 cm³/mol. The van der Waals surface area contributed by atoms with E-state index < -0.39 is 17.0 Å². The molecule has 2 aromatic rings. The van der Waals surface area contributed by atoms with Gasteiger partial charge in [-0.25, -0.2) is 0 Å². The average Bonchev–Trinajstić information content (AvgIpc) is 3.30. The standard InChI is InChI=1S/C24H29NO.2ClH.Ti/c26-24-21(17-25-22-13-5-2-6-14-22)15-20(18-9-3-1-4-10-18)16-23(24)19-11-7-8-12-19;;;/h2,5-6,13-19,26H,1,3-4,7-12H2;2*1H;/q;;;+2/p-2. The molecule has 0 aromatic heterocycles. The van der Waals surface area contributed by atoms with Crippen LogP contribution in [0.15, 0.2) is 47.5 Å². The van der Waals surface area contributed by atoms with Crippen molar-refractivity contribution in [2.45, 2.75) is 69.6 Å². The van der Waals surface area contributed by atoms with Crippen molar-refractivity contribution in [3.8, 4) is 5.75 Å². The average molecular weight is 466 g/mol. The van der Waals surface area contributed by atoms with Crippen molar-refractivity contribution in [3.63, 3.8) is 0 Å². The van der Waals surface area contributed by atoms with Gasteiger partial charge in [-0.3, -0.25) is 4.99 Å². The number of phenolic OH excluding ortho intramolecular Hbond substituents is 1. The molecule has 2 aliphatic rings. The van der Waals surface area contributed by atoms with Gasteiger partial charge < -0.3 is 5.11 Å². The molecule has 0 saturated heterocycles. The maximum atomic E-state index is 11.0. The SMILES string of the molecule is Oc1c(C=Nc2ccccc2)cc(C2CCCCC2)cc1C1CCCC1.[Cl][Ti][Cl]. The first-order valence-corrected chi connectivity index (χ1v) is 14.9. The normalized spacial score (nSPS) is 17.9. The molecule has 2 aromatic carbocycles. The number of benzene rings is 2. The number of para-hydroxylation sites is 1. The fourth-order valence-corrected chi connectivity index (χ4v) is 4.68. The van der Waals surface area contributed by atoms with E-state index in [9.17, 15) is 5.11 Å². The first-order valence-electron chi connectivity index (χ1n) is 10.6. The van der Waals surface area contributed by atoms with Crippen LogP contribution in [0, 0.1) is 0 Å². The Bertz CT molecular complexity index is 785. The number of rotatable bonds is 4. The van der Waals surface area contributed by atoms with Gasteiger partial charge in [-0.2, -0.15) is 0 Å². The Morgan fingerprint density at radius 1 is 0.862 bits per heavy atom. The van der Waals surface area contributed by atoms with Crippen LogP contribution in [0.3, 0.4) is 0 Å². The minimum atomic E-state index is -0.556. The van der Waals surface area contributed by atoms with Gasteiger partial charge in [0.2, 0.25) is 0 Å². The number of hydrogen-bond donors (Lipinski definition) is 1.